The summed E-state index contributed by atoms with van der Waals surface area (Å²) in [5, 5.41) is 9.72. The maximum Gasteiger partial charge on any atom is 0.422 e. The molecule has 1 atom stereocenters. The van der Waals surface area contributed by atoms with Crippen molar-refractivity contribution in [1.82, 2.24) is 0 Å². The highest BCUT2D eigenvalue weighted by Gasteiger charge is 2.53. The van der Waals surface area contributed by atoms with Crippen molar-refractivity contribution < 1.29 is 18.3 Å². The van der Waals surface area contributed by atoms with E-state index in [1.165, 1.54) is 12.1 Å². The molecule has 0 saturated heterocycles. The zero-order valence-electron chi connectivity index (χ0n) is 7.55. The highest BCUT2D eigenvalue weighted by molar-refractivity contribution is 6.30. The standard InChI is InChI=1S/C9H9ClF3NO/c10-7-3-1-6(2-4-7)8(15,5-14)9(11,12)13/h1-4,15H,5,14H2. The zero-order valence-corrected chi connectivity index (χ0v) is 8.31. The molecule has 0 radical (unpaired) electrons. The van der Waals surface area contributed by atoms with Crippen LogP contribution in [0.25, 0.3) is 0 Å². The summed E-state index contributed by atoms with van der Waals surface area (Å²) >= 11 is 5.53. The minimum Gasteiger partial charge on any atom is -0.375 e. The fourth-order valence-corrected chi connectivity index (χ4v) is 1.25. The Bertz CT molecular complexity index is 338. The maximum absolute atomic E-state index is 12.5. The monoisotopic (exact) mass is 239 g/mol. The van der Waals surface area contributed by atoms with Crippen LogP contribution in [0.4, 0.5) is 13.2 Å². The summed E-state index contributed by atoms with van der Waals surface area (Å²) in [6, 6.07) is 4.73. The molecule has 0 spiro atoms. The van der Waals surface area contributed by atoms with Gasteiger partial charge in [-0.05, 0) is 17.7 Å². The van der Waals surface area contributed by atoms with Crippen molar-refractivity contribution in [3.63, 3.8) is 0 Å². The van der Waals surface area contributed by atoms with Crippen molar-refractivity contribution in [2.24, 2.45) is 5.73 Å². The van der Waals surface area contributed by atoms with E-state index in [0.717, 1.165) is 12.1 Å². The summed E-state index contributed by atoms with van der Waals surface area (Å²) in [7, 11) is 0. The molecule has 0 aliphatic rings. The molecular weight excluding hydrogens is 231 g/mol. The van der Waals surface area contributed by atoms with Crippen molar-refractivity contribution >= 4 is 11.6 Å². The molecule has 3 N–H and O–H groups in total. The molecule has 6 heteroatoms. The van der Waals surface area contributed by atoms with Gasteiger partial charge in [0.25, 0.3) is 0 Å². The topological polar surface area (TPSA) is 46.2 Å². The molecule has 1 aromatic rings. The Morgan fingerprint density at radius 3 is 2.00 bits per heavy atom. The minimum absolute atomic E-state index is 0.292. The molecule has 1 aromatic carbocycles. The normalized spacial score (nSPS) is 16.1. The molecular formula is C9H9ClF3NO. The van der Waals surface area contributed by atoms with Crippen molar-refractivity contribution in [1.29, 1.82) is 0 Å². The van der Waals surface area contributed by atoms with E-state index in [-0.39, 0.29) is 5.56 Å². The Morgan fingerprint density at radius 1 is 1.20 bits per heavy atom. The van der Waals surface area contributed by atoms with Gasteiger partial charge in [0, 0.05) is 11.6 Å². The Morgan fingerprint density at radius 2 is 1.67 bits per heavy atom. The van der Waals surface area contributed by atoms with Crippen molar-refractivity contribution in [3.8, 4) is 0 Å². The van der Waals surface area contributed by atoms with Crippen LogP contribution in [0.1, 0.15) is 5.56 Å². The first-order chi connectivity index (χ1) is 6.81. The van der Waals surface area contributed by atoms with Crippen LogP contribution in [-0.4, -0.2) is 17.8 Å². The van der Waals surface area contributed by atoms with Gasteiger partial charge in [-0.25, -0.2) is 0 Å². The van der Waals surface area contributed by atoms with Crippen LogP contribution in [0.5, 0.6) is 0 Å². The van der Waals surface area contributed by atoms with Crippen LogP contribution in [0.2, 0.25) is 5.02 Å². The second-order valence-electron chi connectivity index (χ2n) is 3.07. The van der Waals surface area contributed by atoms with Crippen LogP contribution in [-0.2, 0) is 5.60 Å². The van der Waals surface area contributed by atoms with Crippen LogP contribution in [0, 0.1) is 0 Å². The smallest absolute Gasteiger partial charge is 0.375 e. The Labute approximate surface area is 89.5 Å². The molecule has 0 heterocycles. The van der Waals surface area contributed by atoms with Gasteiger partial charge in [0.1, 0.15) is 0 Å². The molecule has 0 bridgehead atoms. The highest BCUT2D eigenvalue weighted by Crippen LogP contribution is 2.38. The van der Waals surface area contributed by atoms with Crippen LogP contribution >= 0.6 is 11.6 Å². The summed E-state index contributed by atoms with van der Waals surface area (Å²) in [6.45, 7) is -0.932. The van der Waals surface area contributed by atoms with E-state index < -0.39 is 18.3 Å². The molecule has 84 valence electrons. The third-order valence-electron chi connectivity index (χ3n) is 2.09. The maximum atomic E-state index is 12.5. The summed E-state index contributed by atoms with van der Waals surface area (Å²) in [5.41, 5.74) is 1.63. The molecule has 15 heavy (non-hydrogen) atoms. The third kappa shape index (κ3) is 2.25. The van der Waals surface area contributed by atoms with E-state index in [0.29, 0.717) is 5.02 Å². The van der Waals surface area contributed by atoms with E-state index in [4.69, 9.17) is 17.3 Å². The highest BCUT2D eigenvalue weighted by atomic mass is 35.5. The number of aliphatic hydroxyl groups is 1. The molecule has 0 aliphatic heterocycles. The lowest BCUT2D eigenvalue weighted by atomic mass is 9.93. The van der Waals surface area contributed by atoms with Gasteiger partial charge in [-0.15, -0.1) is 0 Å². The van der Waals surface area contributed by atoms with E-state index in [1.807, 2.05) is 0 Å². The van der Waals surface area contributed by atoms with Gasteiger partial charge in [-0.1, -0.05) is 23.7 Å². The van der Waals surface area contributed by atoms with Gasteiger partial charge < -0.3 is 10.8 Å². The van der Waals surface area contributed by atoms with Gasteiger partial charge in [0.05, 0.1) is 0 Å². The summed E-state index contributed by atoms with van der Waals surface area (Å²) in [5.74, 6) is 0. The number of alkyl halides is 3. The average Bonchev–Trinajstić information content (AvgIpc) is 2.16. The number of hydrogen-bond acceptors (Lipinski definition) is 2. The Kier molecular flexibility index (Phi) is 3.28. The largest absolute Gasteiger partial charge is 0.422 e. The van der Waals surface area contributed by atoms with Crippen molar-refractivity contribution in [2.75, 3.05) is 6.54 Å². The quantitative estimate of drug-likeness (QED) is 0.830. The van der Waals surface area contributed by atoms with E-state index in [1.54, 1.807) is 0 Å². The van der Waals surface area contributed by atoms with E-state index >= 15 is 0 Å². The number of nitrogens with two attached hydrogens (primary N) is 1. The van der Waals surface area contributed by atoms with Crippen molar-refractivity contribution in [3.05, 3.63) is 34.9 Å². The lowest BCUT2D eigenvalue weighted by Gasteiger charge is -2.29. The second kappa shape index (κ2) is 4.00. The van der Waals surface area contributed by atoms with Gasteiger partial charge in [0.2, 0.25) is 0 Å². The number of halogens is 4. The third-order valence-corrected chi connectivity index (χ3v) is 2.34. The van der Waals surface area contributed by atoms with E-state index in [2.05, 4.69) is 0 Å². The molecule has 1 rings (SSSR count). The molecule has 0 saturated carbocycles. The summed E-state index contributed by atoms with van der Waals surface area (Å²) in [6.07, 6.45) is -4.81. The molecule has 2 nitrogen and oxygen atoms in total. The van der Waals surface area contributed by atoms with Gasteiger partial charge in [0.15, 0.2) is 5.60 Å². The summed E-state index contributed by atoms with van der Waals surface area (Å²) in [4.78, 5) is 0. The number of rotatable bonds is 2. The van der Waals surface area contributed by atoms with Crippen LogP contribution in [0.15, 0.2) is 24.3 Å². The Balaban J connectivity index is 3.18. The first kappa shape index (κ1) is 12.3. The summed E-state index contributed by atoms with van der Waals surface area (Å²) < 4.78 is 37.6. The molecule has 0 fully saturated rings. The predicted molar refractivity (Wildman–Crippen MR) is 50.5 cm³/mol. The molecule has 0 aromatic heterocycles. The van der Waals surface area contributed by atoms with Gasteiger partial charge in [-0.2, -0.15) is 13.2 Å². The Hall–Kier alpha value is -0.780. The zero-order chi connectivity index (χ0) is 11.7. The number of benzene rings is 1. The molecule has 1 unspecified atom stereocenters. The second-order valence-corrected chi connectivity index (χ2v) is 3.51. The van der Waals surface area contributed by atoms with Crippen LogP contribution < -0.4 is 5.73 Å². The lowest BCUT2D eigenvalue weighted by Crippen LogP contribution is -2.48. The lowest BCUT2D eigenvalue weighted by molar-refractivity contribution is -0.262. The number of hydrogen-bond donors (Lipinski definition) is 2. The van der Waals surface area contributed by atoms with E-state index in [9.17, 15) is 18.3 Å². The van der Waals surface area contributed by atoms with Crippen molar-refractivity contribution in [2.45, 2.75) is 11.8 Å². The first-order valence-corrected chi connectivity index (χ1v) is 4.44. The molecule has 0 amide bonds. The van der Waals surface area contributed by atoms with Gasteiger partial charge in [-0.3, -0.25) is 0 Å². The average molecular weight is 240 g/mol. The fourth-order valence-electron chi connectivity index (χ4n) is 1.12. The first-order valence-electron chi connectivity index (χ1n) is 4.06. The van der Waals surface area contributed by atoms with Crippen LogP contribution in [0.3, 0.4) is 0 Å². The fraction of sp³-hybridized carbons (Fsp3) is 0.333. The van der Waals surface area contributed by atoms with Gasteiger partial charge >= 0.3 is 6.18 Å². The minimum atomic E-state index is -4.81. The molecule has 0 aliphatic carbocycles. The predicted octanol–water partition coefficient (Wildman–Crippen LogP) is 2.05. The SMILES string of the molecule is NCC(O)(c1ccc(Cl)cc1)C(F)(F)F.